The average Bonchev–Trinajstić information content (AvgIpc) is 2.84. The first-order valence-corrected chi connectivity index (χ1v) is 8.24. The molecule has 0 aliphatic carbocycles. The van der Waals surface area contributed by atoms with E-state index in [2.05, 4.69) is 26.2 Å². The summed E-state index contributed by atoms with van der Waals surface area (Å²) in [6, 6.07) is 8.19. The van der Waals surface area contributed by atoms with Crippen LogP contribution in [0.5, 0.6) is 5.88 Å². The van der Waals surface area contributed by atoms with E-state index in [0.717, 1.165) is 9.37 Å². The third-order valence-corrected chi connectivity index (χ3v) is 4.22. The maximum atomic E-state index is 12.3. The molecule has 2 heterocycles. The number of fused-ring (bicyclic) bond motifs is 1. The van der Waals surface area contributed by atoms with Crippen molar-refractivity contribution in [1.82, 2.24) is 9.88 Å². The molecule has 2 aromatic rings. The molecule has 0 atom stereocenters. The SMILES string of the molecule is COc1ccc(NC(=O)CCN2C(=O)c3ccc(Br)cc3C2=O)cn1. The number of nitrogens with zero attached hydrogens (tertiary/aromatic N) is 2. The highest BCUT2D eigenvalue weighted by atomic mass is 79.9. The number of anilines is 1. The number of benzene rings is 1. The van der Waals surface area contributed by atoms with Crippen molar-refractivity contribution in [3.05, 3.63) is 52.1 Å². The highest BCUT2D eigenvalue weighted by Gasteiger charge is 2.35. The molecule has 1 aliphatic rings. The minimum atomic E-state index is -0.389. The minimum absolute atomic E-state index is 0.00132. The van der Waals surface area contributed by atoms with Gasteiger partial charge in [0.15, 0.2) is 0 Å². The summed E-state index contributed by atoms with van der Waals surface area (Å²) in [6.45, 7) is 0.0133. The van der Waals surface area contributed by atoms with Crippen LogP contribution < -0.4 is 10.1 Å². The summed E-state index contributed by atoms with van der Waals surface area (Å²) in [6.07, 6.45) is 1.47. The van der Waals surface area contributed by atoms with Crippen LogP contribution in [0.2, 0.25) is 0 Å². The third-order valence-electron chi connectivity index (χ3n) is 3.72. The predicted octanol–water partition coefficient (Wildman–Crippen LogP) is 2.48. The molecule has 3 amide bonds. The minimum Gasteiger partial charge on any atom is -0.481 e. The Kier molecular flexibility index (Phi) is 4.80. The predicted molar refractivity (Wildman–Crippen MR) is 93.5 cm³/mol. The lowest BCUT2D eigenvalue weighted by Crippen LogP contribution is -2.32. The lowest BCUT2D eigenvalue weighted by molar-refractivity contribution is -0.116. The number of ether oxygens (including phenoxy) is 1. The molecule has 0 unspecified atom stereocenters. The maximum absolute atomic E-state index is 12.3. The van der Waals surface area contributed by atoms with Gasteiger partial charge < -0.3 is 10.1 Å². The van der Waals surface area contributed by atoms with Crippen LogP contribution in [-0.2, 0) is 4.79 Å². The summed E-state index contributed by atoms with van der Waals surface area (Å²) < 4.78 is 5.66. The smallest absolute Gasteiger partial charge is 0.261 e. The molecule has 0 fully saturated rings. The van der Waals surface area contributed by atoms with Crippen molar-refractivity contribution in [1.29, 1.82) is 0 Å². The molecule has 8 heteroatoms. The first-order chi connectivity index (χ1) is 12.0. The van der Waals surface area contributed by atoms with Crippen LogP contribution in [0.3, 0.4) is 0 Å². The van der Waals surface area contributed by atoms with Crippen LogP contribution in [-0.4, -0.2) is 41.3 Å². The van der Waals surface area contributed by atoms with Gasteiger partial charge in [-0.1, -0.05) is 15.9 Å². The van der Waals surface area contributed by atoms with Gasteiger partial charge >= 0.3 is 0 Å². The standard InChI is InChI=1S/C17H14BrN3O4/c1-25-15-5-3-11(9-19-15)20-14(22)6-7-21-16(23)12-4-2-10(18)8-13(12)17(21)24/h2-5,8-9H,6-7H2,1H3,(H,20,22). The normalized spacial score (nSPS) is 13.0. The van der Waals surface area contributed by atoms with Crippen LogP contribution in [0.1, 0.15) is 27.1 Å². The fraction of sp³-hybridized carbons (Fsp3) is 0.176. The molecule has 0 spiro atoms. The Bertz CT molecular complexity index is 851. The number of carbonyl (C=O) groups is 3. The van der Waals surface area contributed by atoms with Gasteiger partial charge in [-0.25, -0.2) is 4.98 Å². The molecule has 1 aliphatic heterocycles. The second-order valence-corrected chi connectivity index (χ2v) is 6.25. The van der Waals surface area contributed by atoms with Crippen LogP contribution in [0, 0.1) is 0 Å². The van der Waals surface area contributed by atoms with Gasteiger partial charge in [0.05, 0.1) is 30.1 Å². The molecule has 0 bridgehead atoms. The number of amides is 3. The van der Waals surface area contributed by atoms with Crippen molar-refractivity contribution in [2.24, 2.45) is 0 Å². The maximum Gasteiger partial charge on any atom is 0.261 e. The Hall–Kier alpha value is -2.74. The van der Waals surface area contributed by atoms with Crippen LogP contribution in [0.25, 0.3) is 0 Å². The molecule has 0 saturated carbocycles. The van der Waals surface area contributed by atoms with Gasteiger partial charge in [0, 0.05) is 23.5 Å². The molecule has 3 rings (SSSR count). The summed E-state index contributed by atoms with van der Waals surface area (Å²) in [5.41, 5.74) is 1.21. The Morgan fingerprint density at radius 3 is 2.64 bits per heavy atom. The topological polar surface area (TPSA) is 88.6 Å². The molecule has 1 aromatic heterocycles. The van der Waals surface area contributed by atoms with Gasteiger partial charge in [0.1, 0.15) is 0 Å². The van der Waals surface area contributed by atoms with E-state index in [-0.39, 0.29) is 30.7 Å². The van der Waals surface area contributed by atoms with Crippen molar-refractivity contribution in [2.75, 3.05) is 19.0 Å². The van der Waals surface area contributed by atoms with Crippen molar-refractivity contribution in [3.63, 3.8) is 0 Å². The number of imide groups is 1. The van der Waals surface area contributed by atoms with E-state index < -0.39 is 0 Å². The van der Waals surface area contributed by atoms with Crippen molar-refractivity contribution in [3.8, 4) is 5.88 Å². The van der Waals surface area contributed by atoms with Gasteiger partial charge in [-0.05, 0) is 24.3 Å². The Balaban J connectivity index is 1.61. The summed E-state index contributed by atoms with van der Waals surface area (Å²) in [5.74, 6) is -0.647. The number of halogens is 1. The zero-order valence-corrected chi connectivity index (χ0v) is 14.9. The van der Waals surface area contributed by atoms with E-state index in [0.29, 0.717) is 22.7 Å². The van der Waals surface area contributed by atoms with Crippen LogP contribution in [0.4, 0.5) is 5.69 Å². The summed E-state index contributed by atoms with van der Waals surface area (Å²) in [7, 11) is 1.50. The van der Waals surface area contributed by atoms with Gasteiger partial charge in [0.2, 0.25) is 11.8 Å². The number of aromatic nitrogens is 1. The first-order valence-electron chi connectivity index (χ1n) is 7.45. The van der Waals surface area contributed by atoms with E-state index in [9.17, 15) is 14.4 Å². The Morgan fingerprint density at radius 1 is 1.20 bits per heavy atom. The van der Waals surface area contributed by atoms with Crippen LogP contribution >= 0.6 is 15.9 Å². The van der Waals surface area contributed by atoms with Gasteiger partial charge in [-0.3, -0.25) is 19.3 Å². The number of pyridine rings is 1. The van der Waals surface area contributed by atoms with E-state index in [4.69, 9.17) is 4.74 Å². The fourth-order valence-corrected chi connectivity index (χ4v) is 2.84. The second kappa shape index (κ2) is 7.02. The molecular formula is C17H14BrN3O4. The number of rotatable bonds is 5. The molecule has 25 heavy (non-hydrogen) atoms. The molecule has 0 saturated heterocycles. The summed E-state index contributed by atoms with van der Waals surface area (Å²) in [5, 5.41) is 2.66. The summed E-state index contributed by atoms with van der Waals surface area (Å²) in [4.78, 5) is 41.7. The Labute approximate surface area is 152 Å². The highest BCUT2D eigenvalue weighted by Crippen LogP contribution is 2.26. The van der Waals surface area contributed by atoms with Crippen molar-refractivity contribution < 1.29 is 19.1 Å². The number of nitrogens with one attached hydrogen (secondary N) is 1. The number of hydrogen-bond donors (Lipinski definition) is 1. The monoisotopic (exact) mass is 403 g/mol. The summed E-state index contributed by atoms with van der Waals surface area (Å²) >= 11 is 3.28. The third kappa shape index (κ3) is 3.53. The molecule has 128 valence electrons. The van der Waals surface area contributed by atoms with Gasteiger partial charge in [-0.15, -0.1) is 0 Å². The largest absolute Gasteiger partial charge is 0.481 e. The average molecular weight is 404 g/mol. The van der Waals surface area contributed by atoms with Gasteiger partial charge in [-0.2, -0.15) is 0 Å². The van der Waals surface area contributed by atoms with Crippen LogP contribution in [0.15, 0.2) is 41.0 Å². The lowest BCUT2D eigenvalue weighted by atomic mass is 10.1. The molecule has 1 aromatic carbocycles. The molecule has 1 N–H and O–H groups in total. The highest BCUT2D eigenvalue weighted by molar-refractivity contribution is 9.10. The first kappa shape index (κ1) is 17.1. The second-order valence-electron chi connectivity index (χ2n) is 5.34. The zero-order valence-electron chi connectivity index (χ0n) is 13.3. The van der Waals surface area contributed by atoms with E-state index in [1.54, 1.807) is 30.3 Å². The van der Waals surface area contributed by atoms with Crippen molar-refractivity contribution >= 4 is 39.3 Å². The number of hydrogen-bond acceptors (Lipinski definition) is 5. The fourth-order valence-electron chi connectivity index (χ4n) is 2.48. The number of carbonyl (C=O) groups excluding carboxylic acids is 3. The van der Waals surface area contributed by atoms with E-state index in [1.807, 2.05) is 0 Å². The van der Waals surface area contributed by atoms with Gasteiger partial charge in [0.25, 0.3) is 11.8 Å². The molecular weight excluding hydrogens is 390 g/mol. The quantitative estimate of drug-likeness (QED) is 0.774. The molecule has 7 nitrogen and oxygen atoms in total. The van der Waals surface area contributed by atoms with E-state index >= 15 is 0 Å². The zero-order chi connectivity index (χ0) is 18.0. The number of methoxy groups -OCH3 is 1. The lowest BCUT2D eigenvalue weighted by Gasteiger charge is -2.13. The van der Waals surface area contributed by atoms with E-state index in [1.165, 1.54) is 13.3 Å². The van der Waals surface area contributed by atoms with Crippen molar-refractivity contribution in [2.45, 2.75) is 6.42 Å². The Morgan fingerprint density at radius 2 is 1.96 bits per heavy atom. The molecule has 0 radical (unpaired) electrons.